The second kappa shape index (κ2) is 10.1. The van der Waals surface area contributed by atoms with Crippen LogP contribution in [0.5, 0.6) is 0 Å². The lowest BCUT2D eigenvalue weighted by molar-refractivity contribution is -0.126. The Bertz CT molecular complexity index is 985. The molecule has 2 heterocycles. The van der Waals surface area contributed by atoms with Crippen molar-refractivity contribution in [1.29, 1.82) is 0 Å². The van der Waals surface area contributed by atoms with E-state index in [1.807, 2.05) is 10.8 Å². The van der Waals surface area contributed by atoms with Crippen LogP contribution in [0.15, 0.2) is 47.9 Å². The number of imidazole rings is 1. The lowest BCUT2D eigenvalue weighted by Crippen LogP contribution is -2.33. The molecule has 1 atom stereocenters. The maximum Gasteiger partial charge on any atom is 0.243 e. The summed E-state index contributed by atoms with van der Waals surface area (Å²) < 4.78 is 28.6. The van der Waals surface area contributed by atoms with Gasteiger partial charge in [0.25, 0.3) is 0 Å². The molecule has 0 bridgehead atoms. The van der Waals surface area contributed by atoms with Crippen LogP contribution in [-0.2, 0) is 26.2 Å². The van der Waals surface area contributed by atoms with E-state index < -0.39 is 15.9 Å². The fourth-order valence-electron chi connectivity index (χ4n) is 3.68. The van der Waals surface area contributed by atoms with Gasteiger partial charge in [-0.25, -0.2) is 13.4 Å². The van der Waals surface area contributed by atoms with Crippen molar-refractivity contribution in [3.8, 4) is 0 Å². The molecular formula is C21H29N5O4S. The van der Waals surface area contributed by atoms with E-state index in [9.17, 15) is 18.0 Å². The monoisotopic (exact) mass is 447 g/mol. The molecule has 1 unspecified atom stereocenters. The second-order valence-corrected chi connectivity index (χ2v) is 9.37. The number of sulfonamides is 1. The number of hydrogen-bond acceptors (Lipinski definition) is 5. The molecule has 1 N–H and O–H groups in total. The zero-order valence-corrected chi connectivity index (χ0v) is 18.7. The van der Waals surface area contributed by atoms with Crippen molar-refractivity contribution >= 4 is 27.5 Å². The van der Waals surface area contributed by atoms with Gasteiger partial charge >= 0.3 is 0 Å². The number of carbonyl (C=O) groups is 2. The van der Waals surface area contributed by atoms with Crippen LogP contribution in [0, 0.1) is 5.92 Å². The van der Waals surface area contributed by atoms with E-state index in [-0.39, 0.29) is 29.7 Å². The van der Waals surface area contributed by atoms with Gasteiger partial charge in [0.1, 0.15) is 0 Å². The van der Waals surface area contributed by atoms with Gasteiger partial charge in [0, 0.05) is 57.2 Å². The van der Waals surface area contributed by atoms with Crippen molar-refractivity contribution < 1.29 is 18.0 Å². The van der Waals surface area contributed by atoms with Gasteiger partial charge in [-0.1, -0.05) is 13.8 Å². The van der Waals surface area contributed by atoms with Gasteiger partial charge < -0.3 is 14.8 Å². The van der Waals surface area contributed by atoms with E-state index in [2.05, 4.69) is 10.3 Å². The first-order valence-electron chi connectivity index (χ1n) is 10.5. The molecular weight excluding hydrogens is 418 g/mol. The third-order valence-electron chi connectivity index (χ3n) is 5.44. The number of aryl methyl sites for hydroxylation is 1. The fourth-order valence-corrected chi connectivity index (χ4v) is 5.14. The zero-order chi connectivity index (χ0) is 22.4. The summed E-state index contributed by atoms with van der Waals surface area (Å²) >= 11 is 0. The molecule has 1 aromatic carbocycles. The number of aromatic nitrogens is 2. The van der Waals surface area contributed by atoms with Crippen LogP contribution in [0.3, 0.4) is 0 Å². The minimum atomic E-state index is -3.55. The number of rotatable bonds is 10. The molecule has 1 saturated heterocycles. The number of nitrogens with zero attached hydrogens (tertiary/aromatic N) is 4. The smallest absolute Gasteiger partial charge is 0.243 e. The van der Waals surface area contributed by atoms with Gasteiger partial charge in [-0.05, 0) is 30.7 Å². The summed E-state index contributed by atoms with van der Waals surface area (Å²) in [5.41, 5.74) is 0.596. The van der Waals surface area contributed by atoms with Crippen molar-refractivity contribution in [2.75, 3.05) is 31.1 Å². The van der Waals surface area contributed by atoms with Crippen LogP contribution < -0.4 is 10.2 Å². The molecule has 10 heteroatoms. The largest absolute Gasteiger partial charge is 0.356 e. The Kier molecular flexibility index (Phi) is 7.45. The molecule has 1 aromatic heterocycles. The third kappa shape index (κ3) is 5.31. The highest BCUT2D eigenvalue weighted by atomic mass is 32.2. The van der Waals surface area contributed by atoms with E-state index in [1.165, 1.54) is 16.4 Å². The predicted octanol–water partition coefficient (Wildman–Crippen LogP) is 1.47. The number of benzene rings is 1. The summed E-state index contributed by atoms with van der Waals surface area (Å²) in [5, 5.41) is 2.90. The van der Waals surface area contributed by atoms with E-state index in [0.29, 0.717) is 25.3 Å². The lowest BCUT2D eigenvalue weighted by atomic mass is 10.1. The van der Waals surface area contributed by atoms with E-state index in [0.717, 1.165) is 13.0 Å². The second-order valence-electron chi connectivity index (χ2n) is 7.43. The molecule has 0 radical (unpaired) electrons. The van der Waals surface area contributed by atoms with E-state index >= 15 is 0 Å². The van der Waals surface area contributed by atoms with Crippen molar-refractivity contribution in [1.82, 2.24) is 19.2 Å². The molecule has 0 saturated carbocycles. The first-order valence-corrected chi connectivity index (χ1v) is 11.9. The van der Waals surface area contributed by atoms with Crippen molar-refractivity contribution in [3.05, 3.63) is 43.0 Å². The lowest BCUT2D eigenvalue weighted by Gasteiger charge is -2.20. The number of nitrogens with one attached hydrogen (secondary N) is 1. The Morgan fingerprint density at radius 1 is 1.23 bits per heavy atom. The summed E-state index contributed by atoms with van der Waals surface area (Å²) in [4.78, 5) is 30.6. The minimum absolute atomic E-state index is 0.137. The Labute approximate surface area is 183 Å². The van der Waals surface area contributed by atoms with Gasteiger partial charge in [-0.3, -0.25) is 9.59 Å². The quantitative estimate of drug-likeness (QED) is 0.556. The number of anilines is 1. The van der Waals surface area contributed by atoms with Crippen LogP contribution in [-0.4, -0.2) is 60.3 Å². The molecule has 3 rings (SSSR count). The topological polar surface area (TPSA) is 105 Å². The highest BCUT2D eigenvalue weighted by Crippen LogP contribution is 2.27. The highest BCUT2D eigenvalue weighted by molar-refractivity contribution is 7.89. The molecule has 0 aliphatic carbocycles. The Morgan fingerprint density at radius 2 is 1.94 bits per heavy atom. The maximum atomic E-state index is 12.6. The molecule has 1 aliphatic heterocycles. The Hall–Kier alpha value is -2.72. The van der Waals surface area contributed by atoms with Gasteiger partial charge in [0.15, 0.2) is 0 Å². The van der Waals surface area contributed by atoms with Gasteiger partial charge in [0.05, 0.1) is 17.1 Å². The molecule has 2 amide bonds. The summed E-state index contributed by atoms with van der Waals surface area (Å²) in [6.45, 7) is 5.95. The Morgan fingerprint density at radius 3 is 2.55 bits per heavy atom. The van der Waals surface area contributed by atoms with Crippen molar-refractivity contribution in [3.63, 3.8) is 0 Å². The molecule has 0 spiro atoms. The van der Waals surface area contributed by atoms with Crippen LogP contribution in [0.1, 0.15) is 26.7 Å². The molecule has 1 fully saturated rings. The van der Waals surface area contributed by atoms with Gasteiger partial charge in [-0.15, -0.1) is 0 Å². The van der Waals surface area contributed by atoms with Gasteiger partial charge in [0.2, 0.25) is 21.8 Å². The third-order valence-corrected chi connectivity index (χ3v) is 7.50. The van der Waals surface area contributed by atoms with Crippen LogP contribution in [0.4, 0.5) is 5.69 Å². The number of hydrogen-bond donors (Lipinski definition) is 1. The summed E-state index contributed by atoms with van der Waals surface area (Å²) in [5.74, 6) is -0.694. The van der Waals surface area contributed by atoms with Crippen LogP contribution in [0.25, 0.3) is 0 Å². The predicted molar refractivity (Wildman–Crippen MR) is 117 cm³/mol. The summed E-state index contributed by atoms with van der Waals surface area (Å²) in [6, 6.07) is 6.28. The highest BCUT2D eigenvalue weighted by Gasteiger charge is 2.35. The number of carbonyl (C=O) groups excluding carboxylic acids is 2. The molecule has 31 heavy (non-hydrogen) atoms. The SMILES string of the molecule is CCN(CC)S(=O)(=O)c1ccc(N2CC(C(=O)NCCCn3ccnc3)CC2=O)cc1. The average molecular weight is 448 g/mol. The number of amides is 2. The zero-order valence-electron chi connectivity index (χ0n) is 17.9. The average Bonchev–Trinajstić information content (AvgIpc) is 3.41. The fraction of sp³-hybridized carbons (Fsp3) is 0.476. The Balaban J connectivity index is 1.56. The summed E-state index contributed by atoms with van der Waals surface area (Å²) in [7, 11) is -3.55. The van der Waals surface area contributed by atoms with Crippen LogP contribution >= 0.6 is 0 Å². The molecule has 9 nitrogen and oxygen atoms in total. The van der Waals surface area contributed by atoms with Crippen LogP contribution in [0.2, 0.25) is 0 Å². The van der Waals surface area contributed by atoms with Crippen molar-refractivity contribution in [2.45, 2.75) is 38.1 Å². The minimum Gasteiger partial charge on any atom is -0.356 e. The van der Waals surface area contributed by atoms with Crippen molar-refractivity contribution in [2.24, 2.45) is 5.92 Å². The standard InChI is InChI=1S/C21H29N5O4S/c1-3-25(4-2)31(29,30)19-8-6-18(7-9-19)26-15-17(14-20(26)27)21(28)23-10-5-12-24-13-11-22-16-24/h6-9,11,13,16-17H,3-5,10,12,14-15H2,1-2H3,(H,23,28). The summed E-state index contributed by atoms with van der Waals surface area (Å²) in [6.07, 6.45) is 6.23. The maximum absolute atomic E-state index is 12.6. The van der Waals surface area contributed by atoms with E-state index in [1.54, 1.807) is 43.4 Å². The molecule has 168 valence electrons. The van der Waals surface area contributed by atoms with Gasteiger partial charge in [-0.2, -0.15) is 4.31 Å². The molecule has 1 aliphatic rings. The first-order chi connectivity index (χ1) is 14.9. The normalized spacial score (nSPS) is 16.8. The molecule has 2 aromatic rings. The first kappa shape index (κ1) is 23.0. The van der Waals surface area contributed by atoms with E-state index in [4.69, 9.17) is 0 Å².